The zero-order valence-corrected chi connectivity index (χ0v) is 9.87. The van der Waals surface area contributed by atoms with Crippen molar-refractivity contribution in [3.05, 3.63) is 41.5 Å². The first-order valence-corrected chi connectivity index (χ1v) is 5.35. The number of nitrogens with two attached hydrogens (primary N) is 1. The van der Waals surface area contributed by atoms with Gasteiger partial charge in [0.1, 0.15) is 0 Å². The average molecular weight is 234 g/mol. The van der Waals surface area contributed by atoms with E-state index in [-0.39, 0.29) is 11.5 Å². The van der Waals surface area contributed by atoms with Crippen molar-refractivity contribution in [2.45, 2.75) is 13.5 Å². The van der Waals surface area contributed by atoms with E-state index in [1.165, 1.54) is 0 Å². The minimum Gasteiger partial charge on any atom is -0.395 e. The van der Waals surface area contributed by atoms with Gasteiger partial charge in [-0.3, -0.25) is 4.68 Å². The van der Waals surface area contributed by atoms with Gasteiger partial charge in [-0.05, 0) is 24.6 Å². The fourth-order valence-electron chi connectivity index (χ4n) is 1.60. The third-order valence-corrected chi connectivity index (χ3v) is 2.60. The summed E-state index contributed by atoms with van der Waals surface area (Å²) in [4.78, 5) is 0. The van der Waals surface area contributed by atoms with Crippen LogP contribution in [-0.2, 0) is 13.6 Å². The molecule has 4 nitrogen and oxygen atoms in total. The lowest BCUT2D eigenvalue weighted by molar-refractivity contribution is 0.623. The van der Waals surface area contributed by atoms with Crippen LogP contribution in [-0.4, -0.2) is 9.78 Å². The number of aromatic nitrogens is 2. The molecule has 0 atom stereocenters. The Bertz CT molecular complexity index is 533. The topological polar surface area (TPSA) is 55.9 Å². The van der Waals surface area contributed by atoms with Crippen LogP contribution in [0.15, 0.2) is 24.4 Å². The minimum atomic E-state index is -0.365. The van der Waals surface area contributed by atoms with Gasteiger partial charge < -0.3 is 11.1 Å². The highest BCUT2D eigenvalue weighted by molar-refractivity contribution is 5.67. The van der Waals surface area contributed by atoms with Gasteiger partial charge in [-0.1, -0.05) is 6.07 Å². The summed E-state index contributed by atoms with van der Waals surface area (Å²) in [7, 11) is 1.85. The molecule has 17 heavy (non-hydrogen) atoms. The predicted octanol–water partition coefficient (Wildman–Crippen LogP) is 2.06. The molecule has 0 bridgehead atoms. The number of anilines is 2. The molecule has 0 unspecified atom stereocenters. The normalized spacial score (nSPS) is 10.5. The number of benzene rings is 1. The molecule has 0 radical (unpaired) electrons. The molecule has 1 aromatic heterocycles. The molecule has 1 aromatic carbocycles. The number of nitrogens with one attached hydrogen (secondary N) is 1. The molecule has 0 saturated carbocycles. The van der Waals surface area contributed by atoms with Crippen molar-refractivity contribution in [2.75, 3.05) is 11.1 Å². The molecule has 0 aliphatic heterocycles. The van der Waals surface area contributed by atoms with E-state index in [1.807, 2.05) is 19.3 Å². The van der Waals surface area contributed by atoms with E-state index < -0.39 is 0 Å². The fourth-order valence-corrected chi connectivity index (χ4v) is 1.60. The molecule has 0 amide bonds. The van der Waals surface area contributed by atoms with Crippen molar-refractivity contribution in [1.82, 2.24) is 9.78 Å². The molecule has 90 valence electrons. The maximum absolute atomic E-state index is 13.5. The first kappa shape index (κ1) is 11.4. The molecule has 0 spiro atoms. The first-order chi connectivity index (χ1) is 8.08. The van der Waals surface area contributed by atoms with Crippen molar-refractivity contribution < 1.29 is 4.39 Å². The van der Waals surface area contributed by atoms with E-state index in [9.17, 15) is 4.39 Å². The van der Waals surface area contributed by atoms with Gasteiger partial charge in [0, 0.05) is 13.2 Å². The Balaban J connectivity index is 2.12. The van der Waals surface area contributed by atoms with E-state index in [0.29, 0.717) is 17.8 Å². The molecular formula is C12H15FN4. The number of aryl methyl sites for hydroxylation is 2. The van der Waals surface area contributed by atoms with Crippen LogP contribution in [0.25, 0.3) is 0 Å². The van der Waals surface area contributed by atoms with Crippen molar-refractivity contribution >= 4 is 11.4 Å². The molecule has 2 rings (SSSR count). The van der Waals surface area contributed by atoms with Gasteiger partial charge in [0.25, 0.3) is 0 Å². The molecular weight excluding hydrogens is 219 g/mol. The van der Waals surface area contributed by atoms with E-state index in [4.69, 9.17) is 5.73 Å². The molecule has 0 fully saturated rings. The Kier molecular flexibility index (Phi) is 2.99. The van der Waals surface area contributed by atoms with Gasteiger partial charge in [-0.15, -0.1) is 0 Å². The lowest BCUT2D eigenvalue weighted by Gasteiger charge is -2.10. The van der Waals surface area contributed by atoms with Gasteiger partial charge in [0.15, 0.2) is 5.82 Å². The quantitative estimate of drug-likeness (QED) is 0.799. The standard InChI is InChI=1S/C12H15FN4/c1-8-3-4-10(12(14)11(8)13)15-7-9-5-6-17(2)16-9/h3-6,15H,7,14H2,1-2H3. The van der Waals surface area contributed by atoms with Gasteiger partial charge in [-0.2, -0.15) is 5.10 Å². The molecule has 2 aromatic rings. The summed E-state index contributed by atoms with van der Waals surface area (Å²) >= 11 is 0. The second kappa shape index (κ2) is 4.45. The Morgan fingerprint density at radius 2 is 2.18 bits per heavy atom. The van der Waals surface area contributed by atoms with Crippen molar-refractivity contribution in [3.63, 3.8) is 0 Å². The van der Waals surface area contributed by atoms with Crippen LogP contribution in [0.3, 0.4) is 0 Å². The Labute approximate surface area is 99.2 Å². The molecule has 5 heteroatoms. The van der Waals surface area contributed by atoms with E-state index in [2.05, 4.69) is 10.4 Å². The maximum atomic E-state index is 13.5. The van der Waals surface area contributed by atoms with Crippen LogP contribution >= 0.6 is 0 Å². The Morgan fingerprint density at radius 3 is 2.82 bits per heavy atom. The summed E-state index contributed by atoms with van der Waals surface area (Å²) in [5, 5.41) is 7.28. The summed E-state index contributed by atoms with van der Waals surface area (Å²) in [5.74, 6) is -0.365. The molecule has 3 N–H and O–H groups in total. The zero-order valence-electron chi connectivity index (χ0n) is 9.87. The first-order valence-electron chi connectivity index (χ1n) is 5.35. The molecule has 0 aliphatic carbocycles. The van der Waals surface area contributed by atoms with Gasteiger partial charge in [0.05, 0.1) is 23.6 Å². The predicted molar refractivity (Wildman–Crippen MR) is 66.1 cm³/mol. The largest absolute Gasteiger partial charge is 0.395 e. The van der Waals surface area contributed by atoms with E-state index >= 15 is 0 Å². The van der Waals surface area contributed by atoms with E-state index in [1.54, 1.807) is 23.7 Å². The summed E-state index contributed by atoms with van der Waals surface area (Å²) in [6.07, 6.45) is 1.86. The van der Waals surface area contributed by atoms with Crippen LogP contribution < -0.4 is 11.1 Å². The van der Waals surface area contributed by atoms with Crippen LogP contribution in [0.1, 0.15) is 11.3 Å². The highest BCUT2D eigenvalue weighted by Gasteiger charge is 2.07. The fraction of sp³-hybridized carbons (Fsp3) is 0.250. The smallest absolute Gasteiger partial charge is 0.151 e. The van der Waals surface area contributed by atoms with Crippen LogP contribution in [0.2, 0.25) is 0 Å². The summed E-state index contributed by atoms with van der Waals surface area (Å²) in [5.41, 5.74) is 7.87. The maximum Gasteiger partial charge on any atom is 0.151 e. The third-order valence-electron chi connectivity index (χ3n) is 2.60. The van der Waals surface area contributed by atoms with Crippen molar-refractivity contribution in [2.24, 2.45) is 7.05 Å². The highest BCUT2D eigenvalue weighted by Crippen LogP contribution is 2.24. The van der Waals surface area contributed by atoms with Crippen molar-refractivity contribution in [3.8, 4) is 0 Å². The second-order valence-electron chi connectivity index (χ2n) is 3.99. The number of hydrogen-bond acceptors (Lipinski definition) is 3. The van der Waals surface area contributed by atoms with Crippen LogP contribution in [0, 0.1) is 12.7 Å². The summed E-state index contributed by atoms with van der Waals surface area (Å²) < 4.78 is 15.3. The van der Waals surface area contributed by atoms with Gasteiger partial charge in [-0.25, -0.2) is 4.39 Å². The SMILES string of the molecule is Cc1ccc(NCc2ccn(C)n2)c(N)c1F. The number of halogens is 1. The minimum absolute atomic E-state index is 0.154. The average Bonchev–Trinajstić information content (AvgIpc) is 2.71. The summed E-state index contributed by atoms with van der Waals surface area (Å²) in [6, 6.07) is 5.37. The van der Waals surface area contributed by atoms with Gasteiger partial charge in [0.2, 0.25) is 0 Å². The number of rotatable bonds is 3. The molecule has 0 aliphatic rings. The highest BCUT2D eigenvalue weighted by atomic mass is 19.1. The van der Waals surface area contributed by atoms with Gasteiger partial charge >= 0.3 is 0 Å². The number of hydrogen-bond donors (Lipinski definition) is 2. The second-order valence-corrected chi connectivity index (χ2v) is 3.99. The third kappa shape index (κ3) is 2.38. The van der Waals surface area contributed by atoms with Crippen LogP contribution in [0.4, 0.5) is 15.8 Å². The summed E-state index contributed by atoms with van der Waals surface area (Å²) in [6.45, 7) is 2.21. The lowest BCUT2D eigenvalue weighted by atomic mass is 10.2. The lowest BCUT2D eigenvalue weighted by Crippen LogP contribution is -2.05. The molecule has 0 saturated heterocycles. The monoisotopic (exact) mass is 234 g/mol. The zero-order chi connectivity index (χ0) is 12.4. The van der Waals surface area contributed by atoms with Crippen LogP contribution in [0.5, 0.6) is 0 Å². The number of nitrogen functional groups attached to an aromatic ring is 1. The van der Waals surface area contributed by atoms with Crippen molar-refractivity contribution in [1.29, 1.82) is 0 Å². The number of nitrogens with zero attached hydrogens (tertiary/aromatic N) is 2. The van der Waals surface area contributed by atoms with E-state index in [0.717, 1.165) is 5.69 Å². The Morgan fingerprint density at radius 1 is 1.41 bits per heavy atom. The Hall–Kier alpha value is -2.04. The molecule has 1 heterocycles.